The van der Waals surface area contributed by atoms with Crippen molar-refractivity contribution in [2.75, 3.05) is 54.4 Å². The van der Waals surface area contributed by atoms with Gasteiger partial charge >= 0.3 is 0 Å². The van der Waals surface area contributed by atoms with Gasteiger partial charge in [0, 0.05) is 6.04 Å². The highest BCUT2D eigenvalue weighted by Gasteiger charge is 2.20. The van der Waals surface area contributed by atoms with E-state index >= 15 is 0 Å². The van der Waals surface area contributed by atoms with Crippen LogP contribution in [0.25, 0.3) is 0 Å². The number of hydrogen-bond acceptors (Lipinski definition) is 3. The molecule has 2 unspecified atom stereocenters. The molecule has 27 heavy (non-hydrogen) atoms. The van der Waals surface area contributed by atoms with Gasteiger partial charge in [0.25, 0.3) is 0 Å². The monoisotopic (exact) mass is 379 g/mol. The lowest BCUT2D eigenvalue weighted by molar-refractivity contribution is 0.191. The molecule has 0 aliphatic carbocycles. The van der Waals surface area contributed by atoms with Gasteiger partial charge in [-0.15, -0.1) is 0 Å². The number of hydrogen-bond donors (Lipinski definition) is 0. The first-order valence-corrected chi connectivity index (χ1v) is 11.1. The van der Waals surface area contributed by atoms with E-state index in [0.29, 0.717) is 12.0 Å². The molecule has 160 valence electrons. The largest absolute Gasteiger partial charge is 0.309 e. The summed E-state index contributed by atoms with van der Waals surface area (Å²) < 4.78 is 0. The molecule has 0 aliphatic heterocycles. The van der Waals surface area contributed by atoms with E-state index in [0.717, 1.165) is 39.0 Å². The lowest BCUT2D eigenvalue weighted by Gasteiger charge is -2.33. The maximum Gasteiger partial charge on any atom is 0.0305 e. The van der Waals surface area contributed by atoms with E-state index in [1.165, 1.54) is 43.3 Å². The van der Waals surface area contributed by atoms with E-state index in [2.05, 4.69) is 76.8 Å². The fourth-order valence-electron chi connectivity index (χ4n) is 3.63. The molecule has 2 atom stereocenters. The predicted molar refractivity (Wildman–Crippen MR) is 124 cm³/mol. The van der Waals surface area contributed by atoms with Gasteiger partial charge in [-0.2, -0.15) is 0 Å². The average Bonchev–Trinajstić information content (AvgIpc) is 2.58. The zero-order valence-electron chi connectivity index (χ0n) is 19.7. The number of unbranched alkanes of at least 4 members (excludes halogenated alkanes) is 1. The maximum atomic E-state index is 4.41. The van der Waals surface area contributed by atoms with Crippen LogP contribution in [0.1, 0.15) is 65.7 Å². The quantitative estimate of drug-likeness (QED) is 0.318. The van der Waals surface area contributed by atoms with E-state index in [1.807, 2.05) is 0 Å². The minimum Gasteiger partial charge on any atom is -0.309 e. The van der Waals surface area contributed by atoms with Crippen LogP contribution in [0.4, 0.5) is 0 Å². The van der Waals surface area contributed by atoms with Crippen LogP contribution < -0.4 is 0 Å². The third kappa shape index (κ3) is 13.2. The van der Waals surface area contributed by atoms with Crippen LogP contribution in [0.15, 0.2) is 24.3 Å². The smallest absolute Gasteiger partial charge is 0.0305 e. The minimum absolute atomic E-state index is 0.476. The Morgan fingerprint density at radius 2 is 1.33 bits per heavy atom. The average molecular weight is 380 g/mol. The SMILES string of the molecule is C=C(CCC(C(=C)C)N(CCCN(C)C)CCCN(C)C)C(C)CCCC. The Bertz CT molecular complexity index is 386. The fraction of sp³-hybridized carbons (Fsp3) is 0.833. The van der Waals surface area contributed by atoms with E-state index in [4.69, 9.17) is 0 Å². The van der Waals surface area contributed by atoms with Crippen LogP contribution in [-0.2, 0) is 0 Å². The number of nitrogens with zero attached hydrogens (tertiary/aromatic N) is 3. The van der Waals surface area contributed by atoms with Crippen LogP contribution >= 0.6 is 0 Å². The van der Waals surface area contributed by atoms with Gasteiger partial charge in [-0.05, 0) is 99.3 Å². The summed E-state index contributed by atoms with van der Waals surface area (Å²) >= 11 is 0. The molecule has 0 aromatic heterocycles. The normalized spacial score (nSPS) is 14.1. The van der Waals surface area contributed by atoms with Crippen LogP contribution in [0.2, 0.25) is 0 Å². The standard InChI is InChI=1S/C24H49N3/c1-10-11-14-22(4)23(5)15-16-24(21(2)3)27(19-12-17-25(6)7)20-13-18-26(8)9/h22,24H,2,5,10-20H2,1,3-4,6-9H3. The van der Waals surface area contributed by atoms with Crippen molar-refractivity contribution in [2.24, 2.45) is 5.92 Å². The van der Waals surface area contributed by atoms with Crippen LogP contribution in [0.3, 0.4) is 0 Å². The molecule has 0 bridgehead atoms. The summed E-state index contributed by atoms with van der Waals surface area (Å²) in [5, 5.41) is 0. The van der Waals surface area contributed by atoms with Gasteiger partial charge in [0.15, 0.2) is 0 Å². The third-order valence-corrected chi connectivity index (χ3v) is 5.54. The first kappa shape index (κ1) is 26.4. The molecule has 0 amide bonds. The van der Waals surface area contributed by atoms with Crippen molar-refractivity contribution in [3.05, 3.63) is 24.3 Å². The highest BCUT2D eigenvalue weighted by atomic mass is 15.2. The van der Waals surface area contributed by atoms with Gasteiger partial charge in [-0.25, -0.2) is 0 Å². The first-order chi connectivity index (χ1) is 12.7. The molecule has 0 fully saturated rings. The van der Waals surface area contributed by atoms with Gasteiger partial charge in [0.2, 0.25) is 0 Å². The van der Waals surface area contributed by atoms with Gasteiger partial charge in [-0.1, -0.05) is 51.0 Å². The van der Waals surface area contributed by atoms with Crippen molar-refractivity contribution >= 4 is 0 Å². The first-order valence-electron chi connectivity index (χ1n) is 11.1. The number of rotatable bonds is 17. The molecule has 0 spiro atoms. The summed E-state index contributed by atoms with van der Waals surface area (Å²) in [6.07, 6.45) is 8.58. The van der Waals surface area contributed by atoms with Crippen LogP contribution in [0.5, 0.6) is 0 Å². The summed E-state index contributed by atoms with van der Waals surface area (Å²) in [4.78, 5) is 7.25. The molecule has 0 heterocycles. The molecule has 3 heteroatoms. The van der Waals surface area contributed by atoms with Gasteiger partial charge in [-0.3, -0.25) is 4.90 Å². The zero-order chi connectivity index (χ0) is 20.8. The second-order valence-corrected chi connectivity index (χ2v) is 8.95. The molecule has 0 aliphatic rings. The Morgan fingerprint density at radius 3 is 1.74 bits per heavy atom. The minimum atomic E-state index is 0.476. The summed E-state index contributed by atoms with van der Waals surface area (Å²) in [5.74, 6) is 0.645. The van der Waals surface area contributed by atoms with Crippen molar-refractivity contribution in [1.29, 1.82) is 0 Å². The van der Waals surface area contributed by atoms with Gasteiger partial charge < -0.3 is 9.80 Å². The molecule has 0 saturated carbocycles. The topological polar surface area (TPSA) is 9.72 Å². The highest BCUT2D eigenvalue weighted by Crippen LogP contribution is 2.24. The Balaban J connectivity index is 4.81. The van der Waals surface area contributed by atoms with Crippen molar-refractivity contribution in [1.82, 2.24) is 14.7 Å². The Morgan fingerprint density at radius 1 is 0.815 bits per heavy atom. The van der Waals surface area contributed by atoms with Crippen LogP contribution in [0, 0.1) is 5.92 Å². The third-order valence-electron chi connectivity index (χ3n) is 5.54. The second-order valence-electron chi connectivity index (χ2n) is 8.95. The summed E-state index contributed by atoms with van der Waals surface area (Å²) in [7, 11) is 8.64. The Labute approximate surface area is 171 Å². The summed E-state index contributed by atoms with van der Waals surface area (Å²) in [6, 6.07) is 0.476. The Kier molecular flexibility index (Phi) is 14.9. The highest BCUT2D eigenvalue weighted by molar-refractivity contribution is 5.07. The second kappa shape index (κ2) is 15.3. The molecule has 0 rings (SSSR count). The molecule has 0 aromatic carbocycles. The van der Waals surface area contributed by atoms with Crippen molar-refractivity contribution in [3.63, 3.8) is 0 Å². The van der Waals surface area contributed by atoms with E-state index in [-0.39, 0.29) is 0 Å². The van der Waals surface area contributed by atoms with Crippen LogP contribution in [-0.4, -0.2) is 75.1 Å². The number of allylic oxidation sites excluding steroid dienone is 1. The Hall–Kier alpha value is -0.640. The van der Waals surface area contributed by atoms with Crippen molar-refractivity contribution in [3.8, 4) is 0 Å². The molecule has 3 nitrogen and oxygen atoms in total. The summed E-state index contributed by atoms with van der Waals surface area (Å²) in [5.41, 5.74) is 2.73. The lowest BCUT2D eigenvalue weighted by Crippen LogP contribution is -2.39. The molecule has 0 aromatic rings. The molecule has 0 saturated heterocycles. The molecular weight excluding hydrogens is 330 g/mol. The maximum absolute atomic E-state index is 4.41. The molecule has 0 radical (unpaired) electrons. The van der Waals surface area contributed by atoms with Gasteiger partial charge in [0.1, 0.15) is 0 Å². The molecular formula is C24H49N3. The molecule has 0 N–H and O–H groups in total. The van der Waals surface area contributed by atoms with E-state index < -0.39 is 0 Å². The van der Waals surface area contributed by atoms with E-state index in [1.54, 1.807) is 0 Å². The fourth-order valence-corrected chi connectivity index (χ4v) is 3.63. The zero-order valence-corrected chi connectivity index (χ0v) is 19.7. The summed E-state index contributed by atoms with van der Waals surface area (Å²) in [6.45, 7) is 20.2. The van der Waals surface area contributed by atoms with Crippen molar-refractivity contribution in [2.45, 2.75) is 71.8 Å². The lowest BCUT2D eigenvalue weighted by atomic mass is 9.90. The van der Waals surface area contributed by atoms with Gasteiger partial charge in [0.05, 0.1) is 0 Å². The predicted octanol–water partition coefficient (Wildman–Crippen LogP) is 5.30. The van der Waals surface area contributed by atoms with E-state index in [9.17, 15) is 0 Å². The van der Waals surface area contributed by atoms with Crippen molar-refractivity contribution < 1.29 is 0 Å².